The number of halogens is 1. The van der Waals surface area contributed by atoms with Crippen LogP contribution in [0.25, 0.3) is 11.0 Å². The third-order valence-electron chi connectivity index (χ3n) is 5.57. The fraction of sp³-hybridized carbons (Fsp3) is 0.462. The summed E-state index contributed by atoms with van der Waals surface area (Å²) in [5.74, 6) is -0.658. The molecule has 1 saturated carbocycles. The molecule has 2 amide bonds. The van der Waals surface area contributed by atoms with Gasteiger partial charge >= 0.3 is 6.09 Å². The summed E-state index contributed by atoms with van der Waals surface area (Å²) in [5, 5.41) is 10.6. The number of ether oxygens (including phenoxy) is 1. The maximum atomic E-state index is 14.3. The fourth-order valence-corrected chi connectivity index (χ4v) is 3.85. The van der Waals surface area contributed by atoms with Gasteiger partial charge in [-0.15, -0.1) is 0 Å². The predicted molar refractivity (Wildman–Crippen MR) is 133 cm³/mol. The first-order chi connectivity index (χ1) is 16.2. The lowest BCUT2D eigenvalue weighted by Gasteiger charge is -2.20. The molecule has 0 unspecified atom stereocenters. The van der Waals surface area contributed by atoms with Crippen molar-refractivity contribution >= 4 is 34.4 Å². The average molecular weight is 482 g/mol. The second-order valence-corrected chi connectivity index (χ2v) is 11.0. The minimum atomic E-state index is -0.782. The van der Waals surface area contributed by atoms with Crippen molar-refractivity contribution in [3.05, 3.63) is 47.0 Å². The van der Waals surface area contributed by atoms with Crippen LogP contribution in [-0.4, -0.2) is 32.4 Å². The predicted octanol–water partition coefficient (Wildman–Crippen LogP) is 6.11. The summed E-state index contributed by atoms with van der Waals surface area (Å²) in [7, 11) is 0. The van der Waals surface area contributed by atoms with E-state index in [4.69, 9.17) is 9.72 Å². The monoisotopic (exact) mass is 481 g/mol. The van der Waals surface area contributed by atoms with Gasteiger partial charge in [-0.1, -0.05) is 0 Å². The van der Waals surface area contributed by atoms with Crippen LogP contribution in [0, 0.1) is 12.7 Å². The van der Waals surface area contributed by atoms with Crippen LogP contribution in [0.4, 0.5) is 20.6 Å². The number of hydrogen-bond donors (Lipinski definition) is 2. The van der Waals surface area contributed by atoms with E-state index >= 15 is 0 Å². The molecule has 1 fully saturated rings. The molecule has 4 rings (SSSR count). The number of carbonyl (C=O) groups is 2. The Kier molecular flexibility index (Phi) is 6.07. The highest BCUT2D eigenvalue weighted by molar-refractivity contribution is 6.13. The molecule has 3 aromatic rings. The molecule has 2 heterocycles. The molecule has 35 heavy (non-hydrogen) atoms. The average Bonchev–Trinajstić information content (AvgIpc) is 3.51. The number of nitrogens with one attached hydrogen (secondary N) is 2. The van der Waals surface area contributed by atoms with Gasteiger partial charge in [0.25, 0.3) is 5.91 Å². The molecular formula is C26H32FN5O3. The number of rotatable bonds is 4. The summed E-state index contributed by atoms with van der Waals surface area (Å²) in [6.45, 7) is 13.1. The summed E-state index contributed by atoms with van der Waals surface area (Å²) in [6.07, 6.45) is 1.30. The molecule has 186 valence electrons. The SMILES string of the molecule is Cc1nn(C(C)(C)C)c2nc(C3CC3)cc(C(=O)Nc3ccc(F)c(NC(=O)OC(C)(C)C)c3)c12. The first-order valence-corrected chi connectivity index (χ1v) is 11.7. The Labute approximate surface area is 204 Å². The summed E-state index contributed by atoms with van der Waals surface area (Å²) in [4.78, 5) is 30.4. The maximum Gasteiger partial charge on any atom is 0.412 e. The van der Waals surface area contributed by atoms with Gasteiger partial charge in [-0.05, 0) is 85.6 Å². The first-order valence-electron chi connectivity index (χ1n) is 11.7. The summed E-state index contributed by atoms with van der Waals surface area (Å²) in [6, 6.07) is 5.82. The third-order valence-corrected chi connectivity index (χ3v) is 5.57. The van der Waals surface area contributed by atoms with Gasteiger partial charge in [-0.25, -0.2) is 18.9 Å². The summed E-state index contributed by atoms with van der Waals surface area (Å²) >= 11 is 0. The number of fused-ring (bicyclic) bond motifs is 1. The van der Waals surface area contributed by atoms with Crippen LogP contribution in [0.5, 0.6) is 0 Å². The zero-order valence-electron chi connectivity index (χ0n) is 21.2. The Morgan fingerprint density at radius 3 is 2.37 bits per heavy atom. The number of aryl methyl sites for hydroxylation is 1. The quantitative estimate of drug-likeness (QED) is 0.468. The van der Waals surface area contributed by atoms with E-state index in [0.29, 0.717) is 33.9 Å². The highest BCUT2D eigenvalue weighted by atomic mass is 19.1. The number of hydrogen-bond acceptors (Lipinski definition) is 5. The van der Waals surface area contributed by atoms with E-state index < -0.39 is 17.5 Å². The molecule has 2 N–H and O–H groups in total. The largest absolute Gasteiger partial charge is 0.444 e. The van der Waals surface area contributed by atoms with Gasteiger partial charge in [0.1, 0.15) is 11.4 Å². The van der Waals surface area contributed by atoms with Crippen LogP contribution in [0.1, 0.15) is 82.0 Å². The number of pyridine rings is 1. The molecule has 9 heteroatoms. The Bertz CT molecular complexity index is 1310. The second-order valence-electron chi connectivity index (χ2n) is 11.0. The van der Waals surface area contributed by atoms with Gasteiger partial charge < -0.3 is 10.1 Å². The third kappa shape index (κ3) is 5.44. The molecule has 0 bridgehead atoms. The van der Waals surface area contributed by atoms with Crippen molar-refractivity contribution in [1.29, 1.82) is 0 Å². The molecule has 2 aromatic heterocycles. The Morgan fingerprint density at radius 1 is 1.09 bits per heavy atom. The van der Waals surface area contributed by atoms with Crippen LogP contribution >= 0.6 is 0 Å². The number of nitrogens with zero attached hydrogens (tertiary/aromatic N) is 3. The van der Waals surface area contributed by atoms with Gasteiger partial charge in [0, 0.05) is 17.3 Å². The molecule has 1 aliphatic rings. The van der Waals surface area contributed by atoms with E-state index in [-0.39, 0.29) is 17.1 Å². The topological polar surface area (TPSA) is 98.1 Å². The van der Waals surface area contributed by atoms with E-state index in [9.17, 15) is 14.0 Å². The van der Waals surface area contributed by atoms with Gasteiger partial charge in [0.2, 0.25) is 0 Å². The number of carbonyl (C=O) groups excluding carboxylic acids is 2. The van der Waals surface area contributed by atoms with E-state index in [1.54, 1.807) is 20.8 Å². The Hall–Kier alpha value is -3.49. The lowest BCUT2D eigenvalue weighted by molar-refractivity contribution is 0.0635. The van der Waals surface area contributed by atoms with Gasteiger partial charge in [0.05, 0.1) is 27.9 Å². The van der Waals surface area contributed by atoms with Gasteiger partial charge in [-0.2, -0.15) is 5.10 Å². The fourth-order valence-electron chi connectivity index (χ4n) is 3.85. The number of anilines is 2. The zero-order chi connectivity index (χ0) is 25.7. The van der Waals surface area contributed by atoms with Crippen molar-refractivity contribution in [1.82, 2.24) is 14.8 Å². The van der Waals surface area contributed by atoms with E-state index in [2.05, 4.69) is 15.7 Å². The van der Waals surface area contributed by atoms with Crippen LogP contribution in [0.2, 0.25) is 0 Å². The van der Waals surface area contributed by atoms with Crippen molar-refractivity contribution in [3.8, 4) is 0 Å². The minimum Gasteiger partial charge on any atom is -0.444 e. The zero-order valence-corrected chi connectivity index (χ0v) is 21.2. The highest BCUT2D eigenvalue weighted by Gasteiger charge is 2.30. The molecule has 8 nitrogen and oxygen atoms in total. The lowest BCUT2D eigenvalue weighted by atomic mass is 10.1. The molecule has 0 spiro atoms. The molecule has 1 aliphatic carbocycles. The second kappa shape index (κ2) is 8.62. The number of amides is 2. The molecule has 0 atom stereocenters. The van der Waals surface area contributed by atoms with E-state index in [0.717, 1.165) is 18.5 Å². The highest BCUT2D eigenvalue weighted by Crippen LogP contribution is 2.41. The lowest BCUT2D eigenvalue weighted by Crippen LogP contribution is -2.27. The standard InChI is InChI=1S/C26H32FN5O3/c1-14-21-17(13-19(15-8-9-15)29-22(21)32(31-14)25(2,3)4)23(33)28-16-10-11-18(27)20(12-16)30-24(34)35-26(5,6)7/h10-13,15H,8-9H2,1-7H3,(H,28,33)(H,30,34). The van der Waals surface area contributed by atoms with Gasteiger partial charge in [-0.3, -0.25) is 10.1 Å². The normalized spacial score (nSPS) is 14.2. The maximum absolute atomic E-state index is 14.3. The minimum absolute atomic E-state index is 0.0904. The van der Waals surface area contributed by atoms with Crippen molar-refractivity contribution in [3.63, 3.8) is 0 Å². The Morgan fingerprint density at radius 2 is 1.77 bits per heavy atom. The molecule has 0 radical (unpaired) electrons. The van der Waals surface area contributed by atoms with E-state index in [1.165, 1.54) is 18.2 Å². The van der Waals surface area contributed by atoms with Crippen molar-refractivity contribution < 1.29 is 18.7 Å². The number of aromatic nitrogens is 3. The van der Waals surface area contributed by atoms with Crippen molar-refractivity contribution in [2.45, 2.75) is 78.4 Å². The molecule has 0 saturated heterocycles. The first kappa shape index (κ1) is 24.6. The van der Waals surface area contributed by atoms with Crippen molar-refractivity contribution in [2.24, 2.45) is 0 Å². The molecule has 0 aliphatic heterocycles. The Balaban J connectivity index is 1.68. The van der Waals surface area contributed by atoms with Gasteiger partial charge in [0.15, 0.2) is 5.65 Å². The van der Waals surface area contributed by atoms with Crippen LogP contribution in [0.15, 0.2) is 24.3 Å². The number of benzene rings is 1. The molecule has 1 aromatic carbocycles. The van der Waals surface area contributed by atoms with E-state index in [1.807, 2.05) is 38.4 Å². The van der Waals surface area contributed by atoms with Crippen molar-refractivity contribution in [2.75, 3.05) is 10.6 Å². The molecular weight excluding hydrogens is 449 g/mol. The van der Waals surface area contributed by atoms with Crippen LogP contribution in [-0.2, 0) is 10.3 Å². The summed E-state index contributed by atoms with van der Waals surface area (Å²) < 4.78 is 21.4. The smallest absolute Gasteiger partial charge is 0.412 e. The van der Waals surface area contributed by atoms with Crippen LogP contribution < -0.4 is 10.6 Å². The summed E-state index contributed by atoms with van der Waals surface area (Å²) in [5.41, 5.74) is 1.93. The van der Waals surface area contributed by atoms with Crippen LogP contribution in [0.3, 0.4) is 0 Å².